The molecule has 0 atom stereocenters. The van der Waals surface area contributed by atoms with Crippen molar-refractivity contribution in [1.29, 1.82) is 0 Å². The van der Waals surface area contributed by atoms with E-state index in [0.29, 0.717) is 11.3 Å². The van der Waals surface area contributed by atoms with E-state index >= 15 is 0 Å². The number of hydrogen-bond donors (Lipinski definition) is 2. The van der Waals surface area contributed by atoms with Gasteiger partial charge < -0.3 is 5.32 Å². The van der Waals surface area contributed by atoms with Gasteiger partial charge in [-0.25, -0.2) is 4.98 Å². The van der Waals surface area contributed by atoms with E-state index in [-0.39, 0.29) is 12.5 Å². The van der Waals surface area contributed by atoms with Gasteiger partial charge in [-0.3, -0.25) is 14.5 Å². The maximum Gasteiger partial charge on any atom is 0.240 e. The Kier molecular flexibility index (Phi) is 4.82. The average molecular weight is 347 g/mol. The minimum atomic E-state index is -0.0980. The van der Waals surface area contributed by atoms with Crippen molar-refractivity contribution in [3.8, 4) is 0 Å². The zero-order valence-corrected chi connectivity index (χ0v) is 14.3. The molecule has 8 heteroatoms. The molecular formula is C15H17N5OS2. The Bertz CT molecular complexity index is 846. The van der Waals surface area contributed by atoms with Crippen molar-refractivity contribution in [2.45, 2.75) is 32.9 Å². The monoisotopic (exact) mass is 347 g/mol. The molecule has 1 amide bonds. The van der Waals surface area contributed by atoms with E-state index in [1.807, 2.05) is 24.3 Å². The van der Waals surface area contributed by atoms with Crippen LogP contribution in [0.4, 0.5) is 0 Å². The Labute approximate surface area is 142 Å². The molecule has 0 radical (unpaired) electrons. The third kappa shape index (κ3) is 3.65. The Hall–Kier alpha value is -2.06. The third-order valence-corrected chi connectivity index (χ3v) is 4.74. The van der Waals surface area contributed by atoms with Gasteiger partial charge in [0, 0.05) is 6.42 Å². The summed E-state index contributed by atoms with van der Waals surface area (Å²) in [6.07, 6.45) is 1.74. The molecule has 0 bridgehead atoms. The van der Waals surface area contributed by atoms with E-state index < -0.39 is 0 Å². The van der Waals surface area contributed by atoms with Crippen molar-refractivity contribution < 1.29 is 4.79 Å². The van der Waals surface area contributed by atoms with E-state index in [9.17, 15) is 4.79 Å². The van der Waals surface area contributed by atoms with E-state index in [1.54, 1.807) is 15.9 Å². The number of para-hydroxylation sites is 1. The van der Waals surface area contributed by atoms with E-state index in [2.05, 4.69) is 27.4 Å². The molecule has 0 fully saturated rings. The fourth-order valence-corrected chi connectivity index (χ4v) is 3.42. The number of nitrogens with one attached hydrogen (secondary N) is 2. The molecular weight excluding hydrogens is 330 g/mol. The summed E-state index contributed by atoms with van der Waals surface area (Å²) in [6, 6.07) is 7.94. The highest BCUT2D eigenvalue weighted by Gasteiger charge is 2.11. The first-order valence-corrected chi connectivity index (χ1v) is 8.65. The van der Waals surface area contributed by atoms with Crippen LogP contribution in [0.2, 0.25) is 0 Å². The zero-order chi connectivity index (χ0) is 16.2. The van der Waals surface area contributed by atoms with Crippen molar-refractivity contribution in [3.05, 3.63) is 39.9 Å². The van der Waals surface area contributed by atoms with Gasteiger partial charge in [-0.05, 0) is 30.8 Å². The smallest absolute Gasteiger partial charge is 0.240 e. The number of amides is 1. The van der Waals surface area contributed by atoms with Crippen LogP contribution in [0, 0.1) is 4.77 Å². The fourth-order valence-electron chi connectivity index (χ4n) is 2.30. The lowest BCUT2D eigenvalue weighted by Gasteiger charge is -2.06. The predicted octanol–water partition coefficient (Wildman–Crippen LogP) is 2.82. The van der Waals surface area contributed by atoms with Gasteiger partial charge in [0.05, 0.1) is 16.8 Å². The van der Waals surface area contributed by atoms with Crippen molar-refractivity contribution in [1.82, 2.24) is 25.1 Å². The summed E-state index contributed by atoms with van der Waals surface area (Å²) in [4.78, 5) is 16.7. The van der Waals surface area contributed by atoms with Crippen LogP contribution in [0.5, 0.6) is 0 Å². The highest BCUT2D eigenvalue weighted by Crippen LogP contribution is 2.21. The lowest BCUT2D eigenvalue weighted by Crippen LogP contribution is -2.27. The lowest BCUT2D eigenvalue weighted by molar-refractivity contribution is -0.121. The molecule has 2 N–H and O–H groups in total. The van der Waals surface area contributed by atoms with Crippen molar-refractivity contribution in [2.24, 2.45) is 0 Å². The highest BCUT2D eigenvalue weighted by molar-refractivity contribution is 7.71. The molecule has 0 unspecified atom stereocenters. The van der Waals surface area contributed by atoms with Crippen LogP contribution in [0.15, 0.2) is 24.3 Å². The third-order valence-electron chi connectivity index (χ3n) is 3.39. The quantitative estimate of drug-likeness (QED) is 0.672. The Morgan fingerprint density at radius 2 is 2.26 bits per heavy atom. The highest BCUT2D eigenvalue weighted by atomic mass is 32.1. The minimum Gasteiger partial charge on any atom is -0.348 e. The van der Waals surface area contributed by atoms with Crippen LogP contribution in [-0.4, -0.2) is 25.7 Å². The molecule has 120 valence electrons. The van der Waals surface area contributed by atoms with Gasteiger partial charge in [0.1, 0.15) is 17.4 Å². The molecule has 3 rings (SSSR count). The number of aryl methyl sites for hydroxylation is 1. The van der Waals surface area contributed by atoms with Gasteiger partial charge in [0.15, 0.2) is 4.77 Å². The first-order valence-electron chi connectivity index (χ1n) is 7.42. The second-order valence-electron chi connectivity index (χ2n) is 5.13. The van der Waals surface area contributed by atoms with E-state index in [4.69, 9.17) is 12.2 Å². The summed E-state index contributed by atoms with van der Waals surface area (Å²) in [5.41, 5.74) is 0.962. The number of aromatic nitrogens is 4. The molecule has 0 saturated carbocycles. The first-order chi connectivity index (χ1) is 11.2. The molecule has 6 nitrogen and oxygen atoms in total. The molecule has 1 aromatic carbocycles. The van der Waals surface area contributed by atoms with Crippen LogP contribution < -0.4 is 5.32 Å². The zero-order valence-electron chi connectivity index (χ0n) is 12.7. The summed E-state index contributed by atoms with van der Waals surface area (Å²) < 4.78 is 3.34. The number of carbonyl (C=O) groups is 1. The minimum absolute atomic E-state index is 0.0980. The van der Waals surface area contributed by atoms with Crippen LogP contribution in [0.1, 0.15) is 24.2 Å². The number of rotatable bonds is 6. The fraction of sp³-hybridized carbons (Fsp3) is 0.333. The van der Waals surface area contributed by atoms with Crippen molar-refractivity contribution in [2.75, 3.05) is 0 Å². The van der Waals surface area contributed by atoms with Crippen molar-refractivity contribution in [3.63, 3.8) is 0 Å². The van der Waals surface area contributed by atoms with Gasteiger partial charge in [0.25, 0.3) is 0 Å². The lowest BCUT2D eigenvalue weighted by atomic mass is 10.3. The topological polar surface area (TPSA) is 75.6 Å². The number of benzene rings is 1. The van der Waals surface area contributed by atoms with Gasteiger partial charge in [-0.15, -0.1) is 11.3 Å². The predicted molar refractivity (Wildman–Crippen MR) is 92.9 cm³/mol. The molecule has 3 aromatic rings. The van der Waals surface area contributed by atoms with E-state index in [1.165, 1.54) is 0 Å². The van der Waals surface area contributed by atoms with Gasteiger partial charge in [0.2, 0.25) is 5.91 Å². The summed E-state index contributed by atoms with van der Waals surface area (Å²) in [5, 5.41) is 10.7. The van der Waals surface area contributed by atoms with Crippen LogP contribution >= 0.6 is 23.6 Å². The van der Waals surface area contributed by atoms with E-state index in [0.717, 1.165) is 33.9 Å². The molecule has 0 saturated heterocycles. The number of fused-ring (bicyclic) bond motifs is 1. The molecule has 2 heterocycles. The molecule has 0 spiro atoms. The molecule has 2 aromatic heterocycles. The van der Waals surface area contributed by atoms with Crippen LogP contribution in [0.25, 0.3) is 10.2 Å². The average Bonchev–Trinajstić information content (AvgIpc) is 3.11. The summed E-state index contributed by atoms with van der Waals surface area (Å²) in [5.74, 6) is 0.715. The summed E-state index contributed by atoms with van der Waals surface area (Å²) in [6.45, 7) is 2.66. The summed E-state index contributed by atoms with van der Waals surface area (Å²) in [7, 11) is 0. The number of H-pyrrole nitrogens is 1. The van der Waals surface area contributed by atoms with Crippen LogP contribution in [-0.2, 0) is 24.3 Å². The second kappa shape index (κ2) is 7.01. The first kappa shape index (κ1) is 15.8. The second-order valence-corrected chi connectivity index (χ2v) is 6.64. The Morgan fingerprint density at radius 3 is 3.04 bits per heavy atom. The summed E-state index contributed by atoms with van der Waals surface area (Å²) >= 11 is 6.77. The number of carbonyl (C=O) groups excluding carboxylic acids is 1. The molecule has 0 aliphatic rings. The number of hydrogen-bond acceptors (Lipinski definition) is 5. The molecule has 0 aliphatic heterocycles. The largest absolute Gasteiger partial charge is 0.348 e. The normalized spacial score (nSPS) is 11.0. The van der Waals surface area contributed by atoms with Gasteiger partial charge in [-0.2, -0.15) is 5.10 Å². The maximum atomic E-state index is 12.2. The Morgan fingerprint density at radius 1 is 1.43 bits per heavy atom. The maximum absolute atomic E-state index is 12.2. The number of aromatic amines is 1. The molecule has 0 aliphatic carbocycles. The standard InChI is InChI=1S/C15H17N5OS2/c1-2-5-12-18-19-15(22)20(12)9-13(21)16-8-14-17-10-6-3-4-7-11(10)23-14/h3-4,6-7H,2,5,8-9H2,1H3,(H,16,21)(H,19,22). The van der Waals surface area contributed by atoms with Crippen LogP contribution in [0.3, 0.4) is 0 Å². The Balaban J connectivity index is 1.63. The van der Waals surface area contributed by atoms with Gasteiger partial charge in [-0.1, -0.05) is 19.1 Å². The SMILES string of the molecule is CCCc1n[nH]c(=S)n1CC(=O)NCc1nc2ccccc2s1. The number of nitrogens with zero attached hydrogens (tertiary/aromatic N) is 3. The van der Waals surface area contributed by atoms with Crippen molar-refractivity contribution >= 4 is 39.7 Å². The molecule has 23 heavy (non-hydrogen) atoms. The van der Waals surface area contributed by atoms with Gasteiger partial charge >= 0.3 is 0 Å². The number of thiazole rings is 1.